The van der Waals surface area contributed by atoms with E-state index in [4.69, 9.17) is 4.42 Å². The molecule has 0 saturated carbocycles. The third-order valence-corrected chi connectivity index (χ3v) is 2.14. The van der Waals surface area contributed by atoms with Crippen molar-refractivity contribution in [2.45, 2.75) is 26.8 Å². The van der Waals surface area contributed by atoms with Crippen molar-refractivity contribution in [3.63, 3.8) is 0 Å². The second-order valence-corrected chi connectivity index (χ2v) is 3.45. The summed E-state index contributed by atoms with van der Waals surface area (Å²) < 4.78 is 5.46. The molecule has 5 nitrogen and oxygen atoms in total. The molecule has 16 heavy (non-hydrogen) atoms. The van der Waals surface area contributed by atoms with Crippen molar-refractivity contribution in [3.8, 4) is 0 Å². The summed E-state index contributed by atoms with van der Waals surface area (Å²) in [7, 11) is 0. The number of hydrogen-bond donors (Lipinski definition) is 1. The van der Waals surface area contributed by atoms with E-state index in [0.717, 1.165) is 17.9 Å². The van der Waals surface area contributed by atoms with Gasteiger partial charge in [0.25, 0.3) is 0 Å². The van der Waals surface area contributed by atoms with E-state index in [0.29, 0.717) is 18.4 Å². The van der Waals surface area contributed by atoms with Gasteiger partial charge in [-0.25, -0.2) is 15.0 Å². The zero-order valence-electron chi connectivity index (χ0n) is 9.40. The molecule has 0 unspecified atom stereocenters. The van der Waals surface area contributed by atoms with Crippen LogP contribution in [0.3, 0.4) is 0 Å². The van der Waals surface area contributed by atoms with Gasteiger partial charge in [0.15, 0.2) is 0 Å². The number of nitrogens with one attached hydrogen (secondary N) is 1. The number of nitrogens with zero attached hydrogens (tertiary/aromatic N) is 3. The molecule has 2 heterocycles. The van der Waals surface area contributed by atoms with E-state index in [1.54, 1.807) is 12.4 Å². The van der Waals surface area contributed by atoms with Crippen molar-refractivity contribution in [1.82, 2.24) is 15.0 Å². The quantitative estimate of drug-likeness (QED) is 0.849. The maximum atomic E-state index is 5.46. The van der Waals surface area contributed by atoms with Crippen LogP contribution >= 0.6 is 0 Å². The highest BCUT2D eigenvalue weighted by atomic mass is 16.4. The Morgan fingerprint density at radius 1 is 1.38 bits per heavy atom. The molecule has 0 atom stereocenters. The molecule has 0 bridgehead atoms. The molecule has 84 valence electrons. The summed E-state index contributed by atoms with van der Waals surface area (Å²) in [4.78, 5) is 12.5. The summed E-state index contributed by atoms with van der Waals surface area (Å²) in [5.74, 6) is 2.14. The Balaban J connectivity index is 1.96. The van der Waals surface area contributed by atoms with E-state index in [1.165, 1.54) is 0 Å². The van der Waals surface area contributed by atoms with Crippen LogP contribution in [-0.2, 0) is 13.0 Å². The second kappa shape index (κ2) is 4.74. The van der Waals surface area contributed by atoms with Crippen molar-refractivity contribution >= 4 is 5.95 Å². The van der Waals surface area contributed by atoms with E-state index in [-0.39, 0.29) is 0 Å². The average Bonchev–Trinajstić information content (AvgIpc) is 2.74. The molecule has 0 saturated heterocycles. The Morgan fingerprint density at radius 2 is 2.25 bits per heavy atom. The summed E-state index contributed by atoms with van der Waals surface area (Å²) >= 11 is 0. The number of aryl methyl sites for hydroxylation is 2. The minimum Gasteiger partial charge on any atom is -0.444 e. The van der Waals surface area contributed by atoms with Crippen molar-refractivity contribution in [2.24, 2.45) is 0 Å². The average molecular weight is 218 g/mol. The first kappa shape index (κ1) is 10.6. The first-order valence-corrected chi connectivity index (χ1v) is 5.25. The Bertz CT molecular complexity index is 467. The van der Waals surface area contributed by atoms with Crippen molar-refractivity contribution in [2.75, 3.05) is 5.32 Å². The van der Waals surface area contributed by atoms with Gasteiger partial charge >= 0.3 is 0 Å². The van der Waals surface area contributed by atoms with E-state index in [1.807, 2.05) is 19.9 Å². The SMILES string of the molecule is CCc1cnc(CNc2nccc(C)n2)o1. The monoisotopic (exact) mass is 218 g/mol. The molecule has 0 aliphatic heterocycles. The number of oxazole rings is 1. The van der Waals surface area contributed by atoms with Gasteiger partial charge in [-0.05, 0) is 13.0 Å². The molecule has 0 aliphatic carbocycles. The molecular formula is C11H14N4O. The minimum atomic E-state index is 0.503. The molecule has 0 fully saturated rings. The lowest BCUT2D eigenvalue weighted by molar-refractivity contribution is 0.465. The van der Waals surface area contributed by atoms with Crippen molar-refractivity contribution in [3.05, 3.63) is 35.8 Å². The molecular weight excluding hydrogens is 204 g/mol. The van der Waals surface area contributed by atoms with Gasteiger partial charge in [-0.1, -0.05) is 6.92 Å². The molecule has 2 aromatic rings. The van der Waals surface area contributed by atoms with Crippen molar-refractivity contribution in [1.29, 1.82) is 0 Å². The third-order valence-electron chi connectivity index (χ3n) is 2.14. The summed E-state index contributed by atoms with van der Waals surface area (Å²) in [5.41, 5.74) is 0.930. The lowest BCUT2D eigenvalue weighted by atomic mass is 10.4. The van der Waals surface area contributed by atoms with E-state index < -0.39 is 0 Å². The van der Waals surface area contributed by atoms with Gasteiger partial charge in [-0.15, -0.1) is 0 Å². The molecule has 0 amide bonds. The van der Waals surface area contributed by atoms with Crippen molar-refractivity contribution < 1.29 is 4.42 Å². The molecule has 0 radical (unpaired) electrons. The normalized spacial score (nSPS) is 10.4. The van der Waals surface area contributed by atoms with Crippen LogP contribution < -0.4 is 5.32 Å². The van der Waals surface area contributed by atoms with Gasteiger partial charge in [-0.3, -0.25) is 0 Å². The Labute approximate surface area is 94.0 Å². The fourth-order valence-corrected chi connectivity index (χ4v) is 1.28. The van der Waals surface area contributed by atoms with Crippen LogP contribution in [0.25, 0.3) is 0 Å². The highest BCUT2D eigenvalue weighted by Gasteiger charge is 2.02. The molecule has 2 rings (SSSR count). The summed E-state index contributed by atoms with van der Waals surface area (Å²) in [6.45, 7) is 4.46. The van der Waals surface area contributed by atoms with Crippen LogP contribution in [-0.4, -0.2) is 15.0 Å². The molecule has 0 aliphatic rings. The van der Waals surface area contributed by atoms with Crippen LogP contribution in [0, 0.1) is 6.92 Å². The molecule has 1 N–H and O–H groups in total. The van der Waals surface area contributed by atoms with E-state index >= 15 is 0 Å². The fraction of sp³-hybridized carbons (Fsp3) is 0.364. The predicted octanol–water partition coefficient (Wildman–Crippen LogP) is 1.95. The Morgan fingerprint density at radius 3 is 2.94 bits per heavy atom. The van der Waals surface area contributed by atoms with Crippen LogP contribution in [0.4, 0.5) is 5.95 Å². The predicted molar refractivity (Wildman–Crippen MR) is 60.0 cm³/mol. The molecule has 2 aromatic heterocycles. The molecule has 0 spiro atoms. The third kappa shape index (κ3) is 2.56. The first-order valence-electron chi connectivity index (χ1n) is 5.25. The minimum absolute atomic E-state index is 0.503. The highest BCUT2D eigenvalue weighted by molar-refractivity contribution is 5.24. The lowest BCUT2D eigenvalue weighted by Crippen LogP contribution is -2.03. The largest absolute Gasteiger partial charge is 0.444 e. The zero-order valence-corrected chi connectivity index (χ0v) is 9.40. The van der Waals surface area contributed by atoms with Crippen LogP contribution in [0.5, 0.6) is 0 Å². The van der Waals surface area contributed by atoms with E-state index in [9.17, 15) is 0 Å². The smallest absolute Gasteiger partial charge is 0.223 e. The maximum Gasteiger partial charge on any atom is 0.223 e. The van der Waals surface area contributed by atoms with Gasteiger partial charge in [-0.2, -0.15) is 0 Å². The van der Waals surface area contributed by atoms with Crippen LogP contribution in [0.15, 0.2) is 22.9 Å². The number of hydrogen-bond acceptors (Lipinski definition) is 5. The lowest BCUT2D eigenvalue weighted by Gasteiger charge is -2.01. The maximum absolute atomic E-state index is 5.46. The fourth-order valence-electron chi connectivity index (χ4n) is 1.28. The summed E-state index contributed by atoms with van der Waals surface area (Å²) in [6.07, 6.45) is 4.32. The Hall–Kier alpha value is -1.91. The number of aromatic nitrogens is 3. The summed E-state index contributed by atoms with van der Waals surface area (Å²) in [6, 6.07) is 1.85. The van der Waals surface area contributed by atoms with Gasteiger partial charge in [0, 0.05) is 18.3 Å². The van der Waals surface area contributed by atoms with Gasteiger partial charge in [0.1, 0.15) is 5.76 Å². The topological polar surface area (TPSA) is 63.8 Å². The molecule has 0 aromatic carbocycles. The van der Waals surface area contributed by atoms with E-state index in [2.05, 4.69) is 20.3 Å². The molecule has 5 heteroatoms. The van der Waals surface area contributed by atoms with Crippen LogP contribution in [0.1, 0.15) is 24.3 Å². The van der Waals surface area contributed by atoms with Gasteiger partial charge < -0.3 is 9.73 Å². The van der Waals surface area contributed by atoms with Gasteiger partial charge in [0.2, 0.25) is 11.8 Å². The summed E-state index contributed by atoms with van der Waals surface area (Å²) in [5, 5.41) is 3.06. The highest BCUT2D eigenvalue weighted by Crippen LogP contribution is 2.06. The zero-order chi connectivity index (χ0) is 11.4. The first-order chi connectivity index (χ1) is 7.78. The van der Waals surface area contributed by atoms with Gasteiger partial charge in [0.05, 0.1) is 12.7 Å². The standard InChI is InChI=1S/C11H14N4O/c1-3-9-6-13-10(16-9)7-14-11-12-5-4-8(2)15-11/h4-6H,3,7H2,1-2H3,(H,12,14,15). The number of rotatable bonds is 4. The second-order valence-electron chi connectivity index (χ2n) is 3.45. The number of anilines is 1. The van der Waals surface area contributed by atoms with Crippen LogP contribution in [0.2, 0.25) is 0 Å². The Kier molecular flexibility index (Phi) is 3.14.